The zero-order chi connectivity index (χ0) is 85.1. The number of primary amides is 1. The molecule has 1 aliphatic rings. The molecule has 0 unspecified atom stereocenters. The van der Waals surface area contributed by atoms with E-state index in [1.165, 1.54) is 31.2 Å². The third-order valence-electron chi connectivity index (χ3n) is 18.4. The number of aromatic hydroxyl groups is 1. The van der Waals surface area contributed by atoms with Crippen LogP contribution in [-0.4, -0.2) is 248 Å². The first-order valence-corrected chi connectivity index (χ1v) is 40.0. The summed E-state index contributed by atoms with van der Waals surface area (Å²) in [5.41, 5.74) is 25.4. The number of fused-ring (bicyclic) bond motifs is 1. The van der Waals surface area contributed by atoms with Gasteiger partial charge in [0, 0.05) is 54.3 Å². The summed E-state index contributed by atoms with van der Waals surface area (Å²) in [7, 11) is 1.47. The number of hydrogen-bond donors (Lipinski definition) is 23. The maximum Gasteiger partial charge on any atom is 0.327 e. The zero-order valence-electron chi connectivity index (χ0n) is 64.1. The van der Waals surface area contributed by atoms with Gasteiger partial charge in [-0.3, -0.25) is 67.1 Å². The number of phenols is 1. The van der Waals surface area contributed by atoms with Gasteiger partial charge in [-0.05, 0) is 113 Å². The molecule has 630 valence electrons. The second-order valence-electron chi connectivity index (χ2n) is 27.8. The number of nitrogens with one attached hydrogen (secondary N) is 14. The predicted molar refractivity (Wildman–Crippen MR) is 427 cm³/mol. The summed E-state index contributed by atoms with van der Waals surface area (Å²) in [4.78, 5) is 217. The molecule has 6 rings (SSSR count). The number of aliphatic hydroxyl groups is 3. The molecule has 0 saturated carbocycles. The fourth-order valence-corrected chi connectivity index (χ4v) is 14.3. The number of aromatic amines is 1. The number of aliphatic carboxylic acids is 1. The highest BCUT2D eigenvalue weighted by Gasteiger charge is 2.40. The number of H-pyrrole nitrogens is 1. The summed E-state index contributed by atoms with van der Waals surface area (Å²) >= 11 is 0. The van der Waals surface area contributed by atoms with Gasteiger partial charge in [0.2, 0.25) is 82.7 Å². The molecule has 27 N–H and O–H groups in total. The molecule has 0 bridgehead atoms. The Kier molecular flexibility index (Phi) is 38.4. The van der Waals surface area contributed by atoms with Crippen molar-refractivity contribution >= 4 is 121 Å². The van der Waals surface area contributed by atoms with E-state index in [4.69, 9.17) is 22.9 Å². The van der Waals surface area contributed by atoms with Crippen LogP contribution >= 0.6 is 21.6 Å². The second kappa shape index (κ2) is 47.6. The molecule has 14 amide bonds. The van der Waals surface area contributed by atoms with Crippen LogP contribution in [-0.2, 0) is 97.6 Å². The zero-order valence-corrected chi connectivity index (χ0v) is 65.8. The highest BCUT2D eigenvalue weighted by atomic mass is 33.1. The highest BCUT2D eigenvalue weighted by Crippen LogP contribution is 2.25. The van der Waals surface area contributed by atoms with Crippen LogP contribution in [0.15, 0.2) is 115 Å². The molecule has 1 aromatic heterocycles. The molecular formula is C76H104N18O20S2. The maximum atomic E-state index is 15.4. The number of carbonyl (C=O) groups is 15. The van der Waals surface area contributed by atoms with Crippen molar-refractivity contribution in [3.05, 3.63) is 138 Å². The van der Waals surface area contributed by atoms with Crippen LogP contribution in [0.2, 0.25) is 0 Å². The van der Waals surface area contributed by atoms with Crippen molar-refractivity contribution in [2.24, 2.45) is 22.9 Å². The van der Waals surface area contributed by atoms with Gasteiger partial charge in [0.15, 0.2) is 0 Å². The largest absolute Gasteiger partial charge is 0.508 e. The SMILES string of the molecule is C[C@H](N)C(=O)NCC(=O)N[C@@H]1CSSC[C@@H](C(=O)O)NC(=O)[C@H](CO)NC(=O)[C@H]([C@@H](C)O)NC(=O)[C@@H](Cc2ccc(O)cc2)NC(=O)[C@H]([C@@H](C)O)NC(=O)[C@H](CCCCN)NC(=O)[C@@H](Cc2c[nH]c3ccccc23)NC(=O)[C@H](Cc2ccccc2)NC(=O)[C@H](Cc2ccccc2)NC(=O)[C@H](CC(N)=O)NC(=O)[C@@H](CCCCN)NC1=O. The van der Waals surface area contributed by atoms with E-state index in [0.29, 0.717) is 34.0 Å². The van der Waals surface area contributed by atoms with E-state index in [2.05, 4.69) is 74.1 Å². The van der Waals surface area contributed by atoms with E-state index < -0.39 is 217 Å². The Morgan fingerprint density at radius 3 is 1.37 bits per heavy atom. The first-order chi connectivity index (χ1) is 55.3. The number of amides is 14. The summed E-state index contributed by atoms with van der Waals surface area (Å²) in [6.45, 7) is 1.77. The lowest BCUT2D eigenvalue weighted by Crippen LogP contribution is -2.63. The summed E-state index contributed by atoms with van der Waals surface area (Å²) in [5, 5.41) is 86.0. The minimum Gasteiger partial charge on any atom is -0.508 e. The van der Waals surface area contributed by atoms with E-state index in [1.54, 1.807) is 91.1 Å². The molecule has 1 fully saturated rings. The monoisotopic (exact) mass is 1650 g/mol. The topological polar surface area (TPSA) is 633 Å². The van der Waals surface area contributed by atoms with Crippen molar-refractivity contribution in [3.63, 3.8) is 0 Å². The van der Waals surface area contributed by atoms with Gasteiger partial charge < -0.3 is 123 Å². The fraction of sp³-hybridized carbons (Fsp3) is 0.461. The number of carbonyl (C=O) groups excluding carboxylic acids is 14. The molecule has 0 aliphatic carbocycles. The second-order valence-corrected chi connectivity index (χ2v) is 30.3. The molecule has 15 atom stereocenters. The van der Waals surface area contributed by atoms with Crippen LogP contribution in [0.3, 0.4) is 0 Å². The molecule has 1 saturated heterocycles. The average molecular weight is 1650 g/mol. The maximum absolute atomic E-state index is 15.4. The van der Waals surface area contributed by atoms with E-state index >= 15 is 14.4 Å². The van der Waals surface area contributed by atoms with Crippen LogP contribution in [0.25, 0.3) is 10.9 Å². The molecule has 0 spiro atoms. The molecule has 4 aromatic carbocycles. The Balaban J connectivity index is 1.47. The van der Waals surface area contributed by atoms with Gasteiger partial charge in [-0.15, -0.1) is 0 Å². The molecule has 2 heterocycles. The van der Waals surface area contributed by atoms with E-state index in [-0.39, 0.29) is 75.8 Å². The lowest BCUT2D eigenvalue weighted by atomic mass is 10.00. The summed E-state index contributed by atoms with van der Waals surface area (Å²) in [5.74, 6) is -18.2. The van der Waals surface area contributed by atoms with Crippen LogP contribution in [0, 0.1) is 0 Å². The number of aliphatic hydroxyl groups excluding tert-OH is 3. The van der Waals surface area contributed by atoms with Crippen molar-refractivity contribution in [2.75, 3.05) is 37.7 Å². The Hall–Kier alpha value is -11.3. The van der Waals surface area contributed by atoms with Gasteiger partial charge in [0.25, 0.3) is 0 Å². The summed E-state index contributed by atoms with van der Waals surface area (Å²) in [6.07, 6.45) is -3.78. The van der Waals surface area contributed by atoms with Gasteiger partial charge in [0.1, 0.15) is 78.3 Å². The number of benzene rings is 4. The molecule has 0 radical (unpaired) electrons. The van der Waals surface area contributed by atoms with Gasteiger partial charge in [-0.25, -0.2) is 4.79 Å². The molecule has 5 aromatic rings. The minimum absolute atomic E-state index is 0.0986. The summed E-state index contributed by atoms with van der Waals surface area (Å²) < 4.78 is 0. The van der Waals surface area contributed by atoms with Crippen molar-refractivity contribution in [1.82, 2.24) is 74.1 Å². The first-order valence-electron chi connectivity index (χ1n) is 37.5. The molecule has 40 heteroatoms. The quantitative estimate of drug-likeness (QED) is 0.0182. The third-order valence-corrected chi connectivity index (χ3v) is 20.8. The van der Waals surface area contributed by atoms with Gasteiger partial charge in [0.05, 0.1) is 37.8 Å². The third kappa shape index (κ3) is 30.5. The standard InChI is InChI=1S/C76H104N18O20S2/c1-40(79)64(101)82-36-61(100)83-58-38-115-116-39-59(76(113)114)92-72(109)57(37-95)91-75(112)63(42(3)97)94-71(108)54(32-45-24-26-47(98)27-25-45)90-74(111)62(41(2)96)93-66(103)51(23-13-15-29-78)84-69(106)55(33-46-35-81-49-21-11-10-20-48(46)49)88-68(105)53(31-44-18-8-5-9-19-44)86-67(104)52(30-43-16-6-4-7-17-43)87-70(107)56(34-60(80)99)89-65(102)50(85-73(58)110)22-12-14-28-77/h4-11,16-21,24-27,35,40-42,50-59,62-63,81,95-98H,12-15,22-23,28-34,36-39,77-79H2,1-3H3,(H2,80,99)(H,82,101)(H,83,100)(H,84,106)(H,85,110)(H,86,104)(H,87,107)(H,88,105)(H,89,102)(H,90,111)(H,91,112)(H,92,109)(H,93,103)(H,94,108)(H,113,114)/t40-,41+,42+,50+,51-,52-,53-,54+,55+,56-,57-,58+,59-,62-,63-/m0/s1. The van der Waals surface area contributed by atoms with E-state index in [9.17, 15) is 83.1 Å². The Bertz CT molecular complexity index is 4180. The molecule has 116 heavy (non-hydrogen) atoms. The molecule has 38 nitrogen and oxygen atoms in total. The summed E-state index contributed by atoms with van der Waals surface area (Å²) in [6, 6.07) is 6.37. The minimum atomic E-state index is -2.03. The number of carboxylic acids is 1. The first kappa shape index (κ1) is 93.6. The van der Waals surface area contributed by atoms with Crippen molar-refractivity contribution in [2.45, 2.75) is 182 Å². The number of aromatic nitrogens is 1. The number of nitrogens with two attached hydrogens (primary N) is 4. The molecular weight excluding hydrogens is 1550 g/mol. The van der Waals surface area contributed by atoms with E-state index in [1.807, 2.05) is 0 Å². The van der Waals surface area contributed by atoms with Crippen molar-refractivity contribution in [1.29, 1.82) is 0 Å². The van der Waals surface area contributed by atoms with Crippen LogP contribution in [0.5, 0.6) is 5.75 Å². The van der Waals surface area contributed by atoms with Crippen LogP contribution in [0.4, 0.5) is 0 Å². The number of phenolic OH excluding ortho intramolecular Hbond substituents is 1. The Morgan fingerprint density at radius 1 is 0.483 bits per heavy atom. The normalized spacial score (nSPS) is 23.6. The van der Waals surface area contributed by atoms with Crippen LogP contribution < -0.4 is 92.1 Å². The van der Waals surface area contributed by atoms with Crippen molar-refractivity contribution < 1.29 is 97.5 Å². The lowest BCUT2D eigenvalue weighted by Gasteiger charge is -2.29. The number of carboxylic acid groups (broad SMARTS) is 1. The predicted octanol–water partition coefficient (Wildman–Crippen LogP) is -5.21. The number of para-hydroxylation sites is 1. The average Bonchev–Trinajstić information content (AvgIpc) is 1.51. The van der Waals surface area contributed by atoms with Crippen molar-refractivity contribution in [3.8, 4) is 5.75 Å². The number of hydrogen-bond acceptors (Lipinski definition) is 24. The van der Waals surface area contributed by atoms with Gasteiger partial charge in [-0.2, -0.15) is 0 Å². The number of unbranched alkanes of at least 4 members (excludes halogenated alkanes) is 2. The highest BCUT2D eigenvalue weighted by molar-refractivity contribution is 8.76. The Morgan fingerprint density at radius 2 is 0.888 bits per heavy atom. The van der Waals surface area contributed by atoms with Gasteiger partial charge in [-0.1, -0.05) is 113 Å². The smallest absolute Gasteiger partial charge is 0.327 e. The Labute approximate surface area is 675 Å². The van der Waals surface area contributed by atoms with E-state index in [0.717, 1.165) is 35.4 Å². The fourth-order valence-electron chi connectivity index (χ4n) is 12.0. The van der Waals surface area contributed by atoms with Crippen LogP contribution in [0.1, 0.15) is 88.0 Å². The van der Waals surface area contributed by atoms with Gasteiger partial charge >= 0.3 is 5.97 Å². The molecule has 1 aliphatic heterocycles. The lowest BCUT2D eigenvalue weighted by molar-refractivity contribution is -0.142. The number of rotatable bonds is 26.